The number of nitrogens with zero attached hydrogens (tertiary/aromatic N) is 1. The fourth-order valence-electron chi connectivity index (χ4n) is 3.37. The second-order valence-corrected chi connectivity index (χ2v) is 6.40. The molecule has 0 radical (unpaired) electrons. The van der Waals surface area contributed by atoms with Crippen molar-refractivity contribution < 1.29 is 4.79 Å². The maximum absolute atomic E-state index is 12.3. The Bertz CT molecular complexity index is 630. The fourth-order valence-corrected chi connectivity index (χ4v) is 4.59. The van der Waals surface area contributed by atoms with E-state index < -0.39 is 0 Å². The van der Waals surface area contributed by atoms with Crippen LogP contribution in [0, 0.1) is 0 Å². The third-order valence-corrected chi connectivity index (χ3v) is 5.44. The van der Waals surface area contributed by atoms with E-state index in [9.17, 15) is 4.79 Å². The Morgan fingerprint density at radius 1 is 1.28 bits per heavy atom. The van der Waals surface area contributed by atoms with Crippen molar-refractivity contribution in [1.82, 2.24) is 4.90 Å². The van der Waals surface area contributed by atoms with Gasteiger partial charge in [-0.1, -0.05) is 18.2 Å². The number of amides is 1. The van der Waals surface area contributed by atoms with Crippen LogP contribution < -0.4 is 0 Å². The van der Waals surface area contributed by atoms with Crippen LogP contribution in [-0.2, 0) is 17.6 Å². The van der Waals surface area contributed by atoms with Gasteiger partial charge >= 0.3 is 0 Å². The molecule has 2 aliphatic heterocycles. The van der Waals surface area contributed by atoms with Gasteiger partial charge < -0.3 is 4.90 Å². The normalized spacial score (nSPS) is 23.0. The van der Waals surface area contributed by atoms with Gasteiger partial charge in [0.1, 0.15) is 0 Å². The van der Waals surface area contributed by atoms with Crippen LogP contribution in [0.3, 0.4) is 0 Å². The summed E-state index contributed by atoms with van der Waals surface area (Å²) in [5.41, 5.74) is 1.44. The maximum atomic E-state index is 12.3. The molecule has 1 aromatic heterocycles. The van der Waals surface area contributed by atoms with E-state index in [1.807, 2.05) is 11.3 Å². The molecule has 0 bridgehead atoms. The molecule has 0 spiro atoms. The van der Waals surface area contributed by atoms with Crippen LogP contribution in [0.15, 0.2) is 24.3 Å². The Labute approximate surface area is 110 Å². The van der Waals surface area contributed by atoms with E-state index in [0.29, 0.717) is 18.4 Å². The monoisotopic (exact) mass is 257 g/mol. The standard InChI is InChI=1S/C15H15NOS/c17-15-9-14-12(8-10-4-3-7-16(10)15)11-5-1-2-6-13(11)18-14/h1-2,5-6,10H,3-4,7-9H2/t10-/m0/s1. The average molecular weight is 257 g/mol. The summed E-state index contributed by atoms with van der Waals surface area (Å²) in [6.07, 6.45) is 4.03. The van der Waals surface area contributed by atoms with Crippen molar-refractivity contribution in [2.24, 2.45) is 0 Å². The molecule has 1 amide bonds. The van der Waals surface area contributed by atoms with Crippen molar-refractivity contribution in [3.63, 3.8) is 0 Å². The third kappa shape index (κ3) is 1.43. The lowest BCUT2D eigenvalue weighted by Crippen LogP contribution is -2.35. The summed E-state index contributed by atoms with van der Waals surface area (Å²) >= 11 is 1.81. The van der Waals surface area contributed by atoms with Crippen LogP contribution in [0.4, 0.5) is 0 Å². The summed E-state index contributed by atoms with van der Waals surface area (Å²) in [5.74, 6) is 0.336. The topological polar surface area (TPSA) is 20.3 Å². The summed E-state index contributed by atoms with van der Waals surface area (Å²) in [6.45, 7) is 0.969. The van der Waals surface area contributed by atoms with Gasteiger partial charge in [-0.2, -0.15) is 0 Å². The lowest BCUT2D eigenvalue weighted by Gasteiger charge is -2.21. The predicted octanol–water partition coefficient (Wildman–Crippen LogP) is 2.99. The minimum atomic E-state index is 0.336. The van der Waals surface area contributed by atoms with E-state index in [-0.39, 0.29) is 0 Å². The third-order valence-electron chi connectivity index (χ3n) is 4.23. The highest BCUT2D eigenvalue weighted by Gasteiger charge is 2.33. The van der Waals surface area contributed by atoms with E-state index in [4.69, 9.17) is 0 Å². The quantitative estimate of drug-likeness (QED) is 0.710. The van der Waals surface area contributed by atoms with Gasteiger partial charge in [0.2, 0.25) is 5.91 Å². The number of hydrogen-bond donors (Lipinski definition) is 0. The molecule has 2 aliphatic rings. The summed E-state index contributed by atoms with van der Waals surface area (Å²) in [7, 11) is 0. The van der Waals surface area contributed by atoms with Crippen LogP contribution in [0.1, 0.15) is 23.3 Å². The molecule has 92 valence electrons. The SMILES string of the molecule is O=C1Cc2sc3ccccc3c2C[C@@H]2CCCN12. The Morgan fingerprint density at radius 3 is 3.11 bits per heavy atom. The first-order valence-electron chi connectivity index (χ1n) is 6.61. The van der Waals surface area contributed by atoms with E-state index in [2.05, 4.69) is 29.2 Å². The van der Waals surface area contributed by atoms with Crippen LogP contribution in [0.5, 0.6) is 0 Å². The van der Waals surface area contributed by atoms with Gasteiger partial charge in [0.15, 0.2) is 0 Å². The van der Waals surface area contributed by atoms with Gasteiger partial charge in [-0.05, 0) is 36.3 Å². The van der Waals surface area contributed by atoms with E-state index in [1.165, 1.54) is 33.4 Å². The van der Waals surface area contributed by atoms with Crippen LogP contribution >= 0.6 is 11.3 Å². The summed E-state index contributed by atoms with van der Waals surface area (Å²) < 4.78 is 1.33. The Kier molecular flexibility index (Phi) is 2.24. The predicted molar refractivity (Wildman–Crippen MR) is 74.0 cm³/mol. The molecule has 3 heteroatoms. The first-order valence-corrected chi connectivity index (χ1v) is 7.43. The van der Waals surface area contributed by atoms with Crippen LogP contribution in [0.2, 0.25) is 0 Å². The molecule has 4 rings (SSSR count). The highest BCUT2D eigenvalue weighted by atomic mass is 32.1. The van der Waals surface area contributed by atoms with Gasteiger partial charge in [-0.25, -0.2) is 0 Å². The first kappa shape index (κ1) is 10.6. The zero-order chi connectivity index (χ0) is 12.1. The van der Waals surface area contributed by atoms with Crippen molar-refractivity contribution in [3.05, 3.63) is 34.7 Å². The second kappa shape index (κ2) is 3.82. The van der Waals surface area contributed by atoms with Crippen LogP contribution in [0.25, 0.3) is 10.1 Å². The molecule has 0 unspecified atom stereocenters. The van der Waals surface area contributed by atoms with Gasteiger partial charge in [-0.15, -0.1) is 11.3 Å². The number of fused-ring (bicyclic) bond motifs is 4. The maximum Gasteiger partial charge on any atom is 0.228 e. The molecule has 2 aromatic rings. The number of carbonyl (C=O) groups excluding carboxylic acids is 1. The van der Waals surface area contributed by atoms with Crippen molar-refractivity contribution in [2.75, 3.05) is 6.54 Å². The van der Waals surface area contributed by atoms with Gasteiger partial charge in [0.25, 0.3) is 0 Å². The number of hydrogen-bond acceptors (Lipinski definition) is 2. The minimum Gasteiger partial charge on any atom is -0.339 e. The average Bonchev–Trinajstić information content (AvgIpc) is 2.93. The highest BCUT2D eigenvalue weighted by molar-refractivity contribution is 7.19. The lowest BCUT2D eigenvalue weighted by molar-refractivity contribution is -0.130. The van der Waals surface area contributed by atoms with Crippen molar-refractivity contribution in [3.8, 4) is 0 Å². The number of benzene rings is 1. The molecule has 1 fully saturated rings. The van der Waals surface area contributed by atoms with Crippen molar-refractivity contribution in [1.29, 1.82) is 0 Å². The molecule has 0 saturated carbocycles. The molecule has 1 saturated heterocycles. The zero-order valence-corrected chi connectivity index (χ0v) is 11.0. The first-order chi connectivity index (χ1) is 8.83. The van der Waals surface area contributed by atoms with E-state index >= 15 is 0 Å². The smallest absolute Gasteiger partial charge is 0.228 e. The molecular formula is C15H15NOS. The number of rotatable bonds is 0. The Balaban J connectivity index is 1.89. The second-order valence-electron chi connectivity index (χ2n) is 5.26. The molecular weight excluding hydrogens is 242 g/mol. The Morgan fingerprint density at radius 2 is 2.17 bits per heavy atom. The summed E-state index contributed by atoms with van der Waals surface area (Å²) in [4.78, 5) is 15.7. The molecule has 0 aliphatic carbocycles. The number of thiophene rings is 1. The summed E-state index contributed by atoms with van der Waals surface area (Å²) in [5, 5.41) is 1.37. The van der Waals surface area contributed by atoms with Crippen molar-refractivity contribution in [2.45, 2.75) is 31.7 Å². The van der Waals surface area contributed by atoms with Crippen molar-refractivity contribution >= 4 is 27.3 Å². The highest BCUT2D eigenvalue weighted by Crippen LogP contribution is 2.37. The largest absolute Gasteiger partial charge is 0.339 e. The fraction of sp³-hybridized carbons (Fsp3) is 0.400. The molecule has 1 aromatic carbocycles. The molecule has 3 heterocycles. The Hall–Kier alpha value is -1.35. The van der Waals surface area contributed by atoms with Gasteiger partial charge in [0, 0.05) is 22.2 Å². The summed E-state index contributed by atoms with van der Waals surface area (Å²) in [6, 6.07) is 9.03. The lowest BCUT2D eigenvalue weighted by atomic mass is 10.0. The molecule has 0 N–H and O–H groups in total. The minimum absolute atomic E-state index is 0.336. The molecule has 18 heavy (non-hydrogen) atoms. The van der Waals surface area contributed by atoms with E-state index in [0.717, 1.165) is 13.0 Å². The van der Waals surface area contributed by atoms with Gasteiger partial charge in [-0.3, -0.25) is 4.79 Å². The zero-order valence-electron chi connectivity index (χ0n) is 10.2. The molecule has 1 atom stereocenters. The molecule has 2 nitrogen and oxygen atoms in total. The number of carbonyl (C=O) groups is 1. The van der Waals surface area contributed by atoms with E-state index in [1.54, 1.807) is 0 Å². The van der Waals surface area contributed by atoms with Gasteiger partial charge in [0.05, 0.1) is 6.42 Å². The van der Waals surface area contributed by atoms with Crippen LogP contribution in [-0.4, -0.2) is 23.4 Å².